The van der Waals surface area contributed by atoms with Gasteiger partial charge in [-0.15, -0.1) is 6.58 Å². The molecule has 0 aromatic heterocycles. The predicted molar refractivity (Wildman–Crippen MR) is 75.2 cm³/mol. The minimum Gasteiger partial charge on any atom is -0.335 e. The van der Waals surface area contributed by atoms with E-state index in [9.17, 15) is 9.59 Å². The van der Waals surface area contributed by atoms with Crippen LogP contribution in [-0.2, 0) is 11.2 Å². The molecule has 0 spiro atoms. The second kappa shape index (κ2) is 5.56. The standard InChI is InChI=1S/C14H17N3O2/c1-3-4-9(2)15-14(19)16-11-6-5-10-7-13(18)17-12(10)8-11/h3,5-6,8-9H,1,4,7H2,2H3,(H,17,18)(H2,15,16,19). The van der Waals surface area contributed by atoms with E-state index in [-0.39, 0.29) is 18.0 Å². The van der Waals surface area contributed by atoms with E-state index in [1.165, 1.54) is 0 Å². The molecule has 0 fully saturated rings. The van der Waals surface area contributed by atoms with Crippen molar-refractivity contribution >= 4 is 23.3 Å². The minimum atomic E-state index is -0.265. The molecule has 100 valence electrons. The molecule has 0 saturated carbocycles. The molecule has 19 heavy (non-hydrogen) atoms. The summed E-state index contributed by atoms with van der Waals surface area (Å²) in [6.07, 6.45) is 2.88. The van der Waals surface area contributed by atoms with Gasteiger partial charge in [-0.3, -0.25) is 4.79 Å². The zero-order valence-corrected chi connectivity index (χ0v) is 10.8. The van der Waals surface area contributed by atoms with Gasteiger partial charge in [0.15, 0.2) is 0 Å². The number of carbonyl (C=O) groups is 2. The van der Waals surface area contributed by atoms with E-state index in [4.69, 9.17) is 0 Å². The fraction of sp³-hybridized carbons (Fsp3) is 0.286. The number of nitrogens with one attached hydrogen (secondary N) is 3. The highest BCUT2D eigenvalue weighted by molar-refractivity contribution is 6.00. The van der Waals surface area contributed by atoms with Crippen LogP contribution in [0.3, 0.4) is 0 Å². The third-order valence-corrected chi connectivity index (χ3v) is 2.89. The molecule has 5 heteroatoms. The van der Waals surface area contributed by atoms with E-state index in [1.54, 1.807) is 18.2 Å². The molecule has 0 bridgehead atoms. The second-order valence-corrected chi connectivity index (χ2v) is 4.62. The summed E-state index contributed by atoms with van der Waals surface area (Å²) in [4.78, 5) is 22.9. The number of urea groups is 1. The Balaban J connectivity index is 1.97. The Hall–Kier alpha value is -2.30. The van der Waals surface area contributed by atoms with Crippen molar-refractivity contribution in [2.75, 3.05) is 10.6 Å². The van der Waals surface area contributed by atoms with Crippen LogP contribution < -0.4 is 16.0 Å². The maximum absolute atomic E-state index is 11.7. The lowest BCUT2D eigenvalue weighted by Gasteiger charge is -2.13. The van der Waals surface area contributed by atoms with Crippen molar-refractivity contribution in [3.63, 3.8) is 0 Å². The largest absolute Gasteiger partial charge is 0.335 e. The number of hydrogen-bond acceptors (Lipinski definition) is 2. The van der Waals surface area contributed by atoms with Crippen LogP contribution in [0.4, 0.5) is 16.2 Å². The van der Waals surface area contributed by atoms with Crippen LogP contribution >= 0.6 is 0 Å². The van der Waals surface area contributed by atoms with Gasteiger partial charge in [-0.1, -0.05) is 12.1 Å². The lowest BCUT2D eigenvalue weighted by atomic mass is 10.1. The summed E-state index contributed by atoms with van der Waals surface area (Å²) in [6.45, 7) is 5.53. The second-order valence-electron chi connectivity index (χ2n) is 4.62. The van der Waals surface area contributed by atoms with Gasteiger partial charge in [0.05, 0.1) is 6.42 Å². The molecule has 1 aromatic carbocycles. The van der Waals surface area contributed by atoms with Crippen molar-refractivity contribution in [2.24, 2.45) is 0 Å². The van der Waals surface area contributed by atoms with E-state index in [0.717, 1.165) is 11.3 Å². The van der Waals surface area contributed by atoms with Crippen LogP contribution in [-0.4, -0.2) is 18.0 Å². The molecule has 1 aliphatic heterocycles. The summed E-state index contributed by atoms with van der Waals surface area (Å²) in [6, 6.07) is 5.16. The predicted octanol–water partition coefficient (Wildman–Crippen LogP) is 2.27. The van der Waals surface area contributed by atoms with Crippen molar-refractivity contribution in [1.29, 1.82) is 0 Å². The SMILES string of the molecule is C=CCC(C)NC(=O)Nc1ccc2c(c1)NC(=O)C2. The van der Waals surface area contributed by atoms with Gasteiger partial charge in [0.1, 0.15) is 0 Å². The smallest absolute Gasteiger partial charge is 0.319 e. The average Bonchev–Trinajstić information content (AvgIpc) is 2.68. The number of amides is 3. The first-order valence-corrected chi connectivity index (χ1v) is 6.19. The number of fused-ring (bicyclic) bond motifs is 1. The number of hydrogen-bond donors (Lipinski definition) is 3. The van der Waals surface area contributed by atoms with Crippen molar-refractivity contribution in [1.82, 2.24) is 5.32 Å². The molecule has 5 nitrogen and oxygen atoms in total. The Morgan fingerprint density at radius 3 is 3.11 bits per heavy atom. The Labute approximate surface area is 112 Å². The molecule has 0 radical (unpaired) electrons. The Morgan fingerprint density at radius 2 is 2.37 bits per heavy atom. The van der Waals surface area contributed by atoms with Gasteiger partial charge in [-0.2, -0.15) is 0 Å². The first-order chi connectivity index (χ1) is 9.08. The number of anilines is 2. The molecule has 1 unspecified atom stereocenters. The molecule has 0 saturated heterocycles. The maximum atomic E-state index is 11.7. The Morgan fingerprint density at radius 1 is 1.58 bits per heavy atom. The van der Waals surface area contributed by atoms with Crippen LogP contribution in [0, 0.1) is 0 Å². The molecule has 2 rings (SSSR count). The van der Waals surface area contributed by atoms with E-state index in [1.807, 2.05) is 13.0 Å². The molecule has 3 amide bonds. The van der Waals surface area contributed by atoms with Crippen LogP contribution in [0.25, 0.3) is 0 Å². The summed E-state index contributed by atoms with van der Waals surface area (Å²) in [7, 11) is 0. The zero-order chi connectivity index (χ0) is 13.8. The minimum absolute atomic E-state index is 0.0174. The zero-order valence-electron chi connectivity index (χ0n) is 10.8. The lowest BCUT2D eigenvalue weighted by molar-refractivity contribution is -0.115. The fourth-order valence-electron chi connectivity index (χ4n) is 1.99. The van der Waals surface area contributed by atoms with Crippen molar-refractivity contribution < 1.29 is 9.59 Å². The van der Waals surface area contributed by atoms with E-state index >= 15 is 0 Å². The molecule has 1 aromatic rings. The Bertz CT molecular complexity index is 525. The fourth-order valence-corrected chi connectivity index (χ4v) is 1.99. The number of carbonyl (C=O) groups excluding carboxylic acids is 2. The van der Waals surface area contributed by atoms with Crippen LogP contribution in [0.15, 0.2) is 30.9 Å². The average molecular weight is 259 g/mol. The maximum Gasteiger partial charge on any atom is 0.319 e. The highest BCUT2D eigenvalue weighted by Crippen LogP contribution is 2.26. The molecule has 3 N–H and O–H groups in total. The van der Waals surface area contributed by atoms with Gasteiger partial charge < -0.3 is 16.0 Å². The summed E-state index contributed by atoms with van der Waals surface area (Å²) >= 11 is 0. The van der Waals surface area contributed by atoms with Gasteiger partial charge in [0.25, 0.3) is 0 Å². The molecular formula is C14H17N3O2. The first-order valence-electron chi connectivity index (χ1n) is 6.19. The van der Waals surface area contributed by atoms with Crippen molar-refractivity contribution in [3.05, 3.63) is 36.4 Å². The molecule has 1 aliphatic rings. The molecule has 1 atom stereocenters. The summed E-state index contributed by atoms with van der Waals surface area (Å²) in [5.41, 5.74) is 2.38. The summed E-state index contributed by atoms with van der Waals surface area (Å²) in [5, 5.41) is 8.29. The van der Waals surface area contributed by atoms with E-state index in [0.29, 0.717) is 18.5 Å². The summed E-state index contributed by atoms with van der Waals surface area (Å²) < 4.78 is 0. The van der Waals surface area contributed by atoms with E-state index < -0.39 is 0 Å². The van der Waals surface area contributed by atoms with Gasteiger partial charge in [0, 0.05) is 17.4 Å². The van der Waals surface area contributed by atoms with Gasteiger partial charge >= 0.3 is 6.03 Å². The van der Waals surface area contributed by atoms with Crippen molar-refractivity contribution in [3.8, 4) is 0 Å². The highest BCUT2D eigenvalue weighted by atomic mass is 16.2. The third-order valence-electron chi connectivity index (χ3n) is 2.89. The quantitative estimate of drug-likeness (QED) is 0.726. The third kappa shape index (κ3) is 3.34. The normalized spacial score (nSPS) is 14.3. The van der Waals surface area contributed by atoms with Crippen molar-refractivity contribution in [2.45, 2.75) is 25.8 Å². The van der Waals surface area contributed by atoms with Crippen LogP contribution in [0.2, 0.25) is 0 Å². The monoisotopic (exact) mass is 259 g/mol. The number of benzene rings is 1. The van der Waals surface area contributed by atoms with Gasteiger partial charge in [0.2, 0.25) is 5.91 Å². The van der Waals surface area contributed by atoms with Crippen LogP contribution in [0.1, 0.15) is 18.9 Å². The lowest BCUT2D eigenvalue weighted by Crippen LogP contribution is -2.35. The van der Waals surface area contributed by atoms with Gasteiger partial charge in [-0.25, -0.2) is 4.79 Å². The molecule has 0 aliphatic carbocycles. The highest BCUT2D eigenvalue weighted by Gasteiger charge is 2.17. The molecular weight excluding hydrogens is 242 g/mol. The number of rotatable bonds is 4. The van der Waals surface area contributed by atoms with E-state index in [2.05, 4.69) is 22.5 Å². The summed E-state index contributed by atoms with van der Waals surface area (Å²) in [5.74, 6) is -0.0174. The Kier molecular flexibility index (Phi) is 3.85. The first kappa shape index (κ1) is 13.1. The van der Waals surface area contributed by atoms with Crippen LogP contribution in [0.5, 0.6) is 0 Å². The van der Waals surface area contributed by atoms with Gasteiger partial charge in [-0.05, 0) is 31.0 Å². The molecule has 1 heterocycles. The topological polar surface area (TPSA) is 70.2 Å².